The molecule has 1 aromatic carbocycles. The topological polar surface area (TPSA) is 51.2 Å². The van der Waals surface area contributed by atoms with Crippen LogP contribution in [0.25, 0.3) is 0 Å². The van der Waals surface area contributed by atoms with E-state index in [1.807, 2.05) is 25.2 Å². The predicted octanol–water partition coefficient (Wildman–Crippen LogP) is 1.64. The molecular weight excluding hydrogens is 308 g/mol. The SMILES string of the molecule is COc1ccc(C(=O)N(C)CC2(C)COC2)cc1N1CCOCC1. The first-order valence-electron chi connectivity index (χ1n) is 8.36. The molecule has 2 fully saturated rings. The maximum atomic E-state index is 12.8. The summed E-state index contributed by atoms with van der Waals surface area (Å²) in [6.07, 6.45) is 0. The average molecular weight is 334 g/mol. The first-order chi connectivity index (χ1) is 11.5. The third kappa shape index (κ3) is 3.49. The largest absolute Gasteiger partial charge is 0.495 e. The number of methoxy groups -OCH3 is 1. The van der Waals surface area contributed by atoms with Crippen molar-refractivity contribution in [1.82, 2.24) is 4.90 Å². The molecule has 1 amide bonds. The van der Waals surface area contributed by atoms with Crippen LogP contribution in [0.2, 0.25) is 0 Å². The zero-order valence-corrected chi connectivity index (χ0v) is 14.7. The van der Waals surface area contributed by atoms with E-state index in [0.29, 0.717) is 38.5 Å². The van der Waals surface area contributed by atoms with Crippen molar-refractivity contribution in [2.75, 3.05) is 65.1 Å². The normalized spacial score (nSPS) is 19.5. The quantitative estimate of drug-likeness (QED) is 0.819. The number of hydrogen-bond donors (Lipinski definition) is 0. The fourth-order valence-corrected chi connectivity index (χ4v) is 3.28. The van der Waals surface area contributed by atoms with Crippen molar-refractivity contribution in [1.29, 1.82) is 0 Å². The van der Waals surface area contributed by atoms with Gasteiger partial charge in [0.15, 0.2) is 0 Å². The van der Waals surface area contributed by atoms with Gasteiger partial charge in [-0.25, -0.2) is 0 Å². The van der Waals surface area contributed by atoms with Crippen LogP contribution >= 0.6 is 0 Å². The lowest BCUT2D eigenvalue weighted by molar-refractivity contribution is -0.109. The second-order valence-electron chi connectivity index (χ2n) is 6.95. The number of morpholine rings is 1. The van der Waals surface area contributed by atoms with Gasteiger partial charge in [-0.2, -0.15) is 0 Å². The minimum atomic E-state index is 0.0280. The maximum Gasteiger partial charge on any atom is 0.253 e. The smallest absolute Gasteiger partial charge is 0.253 e. The van der Waals surface area contributed by atoms with Crippen molar-refractivity contribution in [3.63, 3.8) is 0 Å². The molecule has 2 aliphatic heterocycles. The molecule has 0 spiro atoms. The van der Waals surface area contributed by atoms with Gasteiger partial charge >= 0.3 is 0 Å². The molecule has 2 heterocycles. The zero-order valence-electron chi connectivity index (χ0n) is 14.7. The summed E-state index contributed by atoms with van der Waals surface area (Å²) in [6.45, 7) is 7.27. The molecule has 6 nitrogen and oxygen atoms in total. The van der Waals surface area contributed by atoms with Crippen LogP contribution in [0.5, 0.6) is 5.75 Å². The van der Waals surface area contributed by atoms with E-state index in [0.717, 1.165) is 24.5 Å². The Morgan fingerprint density at radius 1 is 1.29 bits per heavy atom. The summed E-state index contributed by atoms with van der Waals surface area (Å²) in [5.74, 6) is 0.816. The van der Waals surface area contributed by atoms with E-state index in [4.69, 9.17) is 14.2 Å². The van der Waals surface area contributed by atoms with Gasteiger partial charge in [-0.05, 0) is 18.2 Å². The molecule has 24 heavy (non-hydrogen) atoms. The van der Waals surface area contributed by atoms with Crippen molar-refractivity contribution in [3.8, 4) is 5.75 Å². The molecule has 6 heteroatoms. The molecule has 132 valence electrons. The summed E-state index contributed by atoms with van der Waals surface area (Å²) in [4.78, 5) is 16.8. The highest BCUT2D eigenvalue weighted by atomic mass is 16.5. The second-order valence-corrected chi connectivity index (χ2v) is 6.95. The third-order valence-electron chi connectivity index (χ3n) is 4.64. The van der Waals surface area contributed by atoms with E-state index in [2.05, 4.69) is 11.8 Å². The van der Waals surface area contributed by atoms with Crippen molar-refractivity contribution >= 4 is 11.6 Å². The number of benzene rings is 1. The van der Waals surface area contributed by atoms with Crippen LogP contribution in [0.4, 0.5) is 5.69 Å². The van der Waals surface area contributed by atoms with E-state index in [-0.39, 0.29) is 11.3 Å². The van der Waals surface area contributed by atoms with Crippen LogP contribution in [0.15, 0.2) is 18.2 Å². The van der Waals surface area contributed by atoms with Gasteiger partial charge in [-0.15, -0.1) is 0 Å². The maximum absolute atomic E-state index is 12.8. The Bertz CT molecular complexity index is 595. The Morgan fingerprint density at radius 3 is 2.58 bits per heavy atom. The number of amides is 1. The molecule has 0 aromatic heterocycles. The molecule has 0 aliphatic carbocycles. The number of ether oxygens (including phenoxy) is 3. The monoisotopic (exact) mass is 334 g/mol. The average Bonchev–Trinajstić information content (AvgIpc) is 2.59. The van der Waals surface area contributed by atoms with Crippen LogP contribution in [-0.2, 0) is 9.47 Å². The molecule has 0 N–H and O–H groups in total. The summed E-state index contributed by atoms with van der Waals surface area (Å²) in [5.41, 5.74) is 1.71. The molecule has 0 unspecified atom stereocenters. The number of nitrogens with zero attached hydrogens (tertiary/aromatic N) is 2. The van der Waals surface area contributed by atoms with E-state index in [9.17, 15) is 4.79 Å². The van der Waals surface area contributed by atoms with E-state index >= 15 is 0 Å². The number of hydrogen-bond acceptors (Lipinski definition) is 5. The fourth-order valence-electron chi connectivity index (χ4n) is 3.28. The van der Waals surface area contributed by atoms with Crippen molar-refractivity contribution in [2.45, 2.75) is 6.92 Å². The van der Waals surface area contributed by atoms with Gasteiger partial charge in [0.05, 0.1) is 39.2 Å². The molecule has 2 saturated heterocycles. The molecule has 1 aromatic rings. The van der Waals surface area contributed by atoms with Crippen molar-refractivity contribution in [2.24, 2.45) is 5.41 Å². The molecule has 0 saturated carbocycles. The molecule has 0 atom stereocenters. The van der Waals surface area contributed by atoms with E-state index in [1.165, 1.54) is 0 Å². The third-order valence-corrected chi connectivity index (χ3v) is 4.64. The number of anilines is 1. The highest BCUT2D eigenvalue weighted by molar-refractivity contribution is 5.95. The number of carbonyl (C=O) groups excluding carboxylic acids is 1. The first-order valence-corrected chi connectivity index (χ1v) is 8.36. The summed E-state index contributed by atoms with van der Waals surface area (Å²) in [5, 5.41) is 0. The van der Waals surface area contributed by atoms with E-state index in [1.54, 1.807) is 12.0 Å². The Kier molecular flexibility index (Phi) is 4.96. The fraction of sp³-hybridized carbons (Fsp3) is 0.611. The van der Waals surface area contributed by atoms with Crippen LogP contribution in [0.1, 0.15) is 17.3 Å². The lowest BCUT2D eigenvalue weighted by Gasteiger charge is -2.40. The standard InChI is InChI=1S/C18H26N2O4/c1-18(12-24-13-18)11-19(2)17(21)14-4-5-16(22-3)15(10-14)20-6-8-23-9-7-20/h4-5,10H,6-9,11-13H2,1-3H3. The Labute approximate surface area is 143 Å². The molecular formula is C18H26N2O4. The van der Waals surface area contributed by atoms with Crippen molar-refractivity contribution < 1.29 is 19.0 Å². The summed E-state index contributed by atoms with van der Waals surface area (Å²) in [7, 11) is 3.51. The molecule has 2 aliphatic rings. The lowest BCUT2D eigenvalue weighted by atomic mass is 9.88. The van der Waals surface area contributed by atoms with Gasteiger partial charge in [0.1, 0.15) is 5.75 Å². The molecule has 0 radical (unpaired) electrons. The Hall–Kier alpha value is -1.79. The van der Waals surface area contributed by atoms with E-state index < -0.39 is 0 Å². The van der Waals surface area contributed by atoms with Crippen LogP contribution in [0.3, 0.4) is 0 Å². The first kappa shape index (κ1) is 17.0. The minimum Gasteiger partial charge on any atom is -0.495 e. The Morgan fingerprint density at radius 2 is 2.00 bits per heavy atom. The van der Waals surface area contributed by atoms with Crippen LogP contribution in [0, 0.1) is 5.41 Å². The Balaban J connectivity index is 1.78. The second kappa shape index (κ2) is 6.99. The van der Waals surface area contributed by atoms with Gasteiger partial charge in [0.25, 0.3) is 5.91 Å². The van der Waals surface area contributed by atoms with Gasteiger partial charge in [-0.3, -0.25) is 4.79 Å². The number of rotatable bonds is 5. The predicted molar refractivity (Wildman–Crippen MR) is 91.9 cm³/mol. The zero-order chi connectivity index (χ0) is 17.2. The van der Waals surface area contributed by atoms with Gasteiger partial charge in [0, 0.05) is 37.7 Å². The highest BCUT2D eigenvalue weighted by Crippen LogP contribution is 2.31. The van der Waals surface area contributed by atoms with Gasteiger partial charge in [-0.1, -0.05) is 6.92 Å². The minimum absolute atomic E-state index is 0.0280. The summed E-state index contributed by atoms with van der Waals surface area (Å²) >= 11 is 0. The van der Waals surface area contributed by atoms with Crippen molar-refractivity contribution in [3.05, 3.63) is 23.8 Å². The highest BCUT2D eigenvalue weighted by Gasteiger charge is 2.35. The number of carbonyl (C=O) groups is 1. The lowest BCUT2D eigenvalue weighted by Crippen LogP contribution is -2.49. The van der Waals surface area contributed by atoms with Crippen LogP contribution < -0.4 is 9.64 Å². The van der Waals surface area contributed by atoms with Gasteiger partial charge in [0.2, 0.25) is 0 Å². The summed E-state index contributed by atoms with van der Waals surface area (Å²) < 4.78 is 16.2. The molecule has 3 rings (SSSR count). The molecule has 0 bridgehead atoms. The van der Waals surface area contributed by atoms with Crippen LogP contribution in [-0.4, -0.2) is 71.0 Å². The summed E-state index contributed by atoms with van der Waals surface area (Å²) in [6, 6.07) is 5.64. The van der Waals surface area contributed by atoms with Gasteiger partial charge < -0.3 is 24.0 Å².